The van der Waals surface area contributed by atoms with E-state index < -0.39 is 0 Å². The van der Waals surface area contributed by atoms with Gasteiger partial charge in [0, 0.05) is 38.2 Å². The summed E-state index contributed by atoms with van der Waals surface area (Å²) in [6, 6.07) is 10.5. The Labute approximate surface area is 232 Å². The highest BCUT2D eigenvalue weighted by Gasteiger charge is 2.23. The Morgan fingerprint density at radius 1 is 1.10 bits per heavy atom. The van der Waals surface area contributed by atoms with Crippen molar-refractivity contribution in [3.8, 4) is 6.07 Å². The molecule has 1 aromatic carbocycles. The zero-order valence-electron chi connectivity index (χ0n) is 22.5. The molecule has 13 nitrogen and oxygen atoms in total. The quantitative estimate of drug-likeness (QED) is 0.114. The first-order valence-electron chi connectivity index (χ1n) is 13.8. The van der Waals surface area contributed by atoms with Crippen molar-refractivity contribution in [1.82, 2.24) is 30.6 Å². The van der Waals surface area contributed by atoms with Crippen molar-refractivity contribution in [2.45, 2.75) is 45.1 Å². The van der Waals surface area contributed by atoms with Gasteiger partial charge in [0.25, 0.3) is 5.56 Å². The summed E-state index contributed by atoms with van der Waals surface area (Å²) in [7, 11) is 0. The molecule has 40 heavy (non-hydrogen) atoms. The number of hydrazine groups is 1. The second-order valence-electron chi connectivity index (χ2n) is 10.6. The van der Waals surface area contributed by atoms with Crippen LogP contribution < -0.4 is 32.9 Å². The van der Waals surface area contributed by atoms with Crippen LogP contribution in [0, 0.1) is 23.2 Å². The van der Waals surface area contributed by atoms with Crippen LogP contribution in [0.4, 0.5) is 17.5 Å². The molecule has 0 spiro atoms. The monoisotopic (exact) mass is 544 g/mol. The number of nitrogens with zero attached hydrogens (tertiary/aromatic N) is 7. The Morgan fingerprint density at radius 3 is 2.52 bits per heavy atom. The molecule has 2 aromatic heterocycles. The van der Waals surface area contributed by atoms with Gasteiger partial charge >= 0.3 is 0 Å². The van der Waals surface area contributed by atoms with Gasteiger partial charge in [-0.3, -0.25) is 9.69 Å². The molecule has 2 saturated heterocycles. The van der Waals surface area contributed by atoms with Crippen molar-refractivity contribution < 1.29 is 0 Å². The Morgan fingerprint density at radius 2 is 1.82 bits per heavy atom. The first-order chi connectivity index (χ1) is 19.5. The van der Waals surface area contributed by atoms with Crippen molar-refractivity contribution in [3.05, 3.63) is 46.4 Å². The van der Waals surface area contributed by atoms with Crippen LogP contribution in [-0.4, -0.2) is 57.1 Å². The van der Waals surface area contributed by atoms with E-state index in [1.165, 1.54) is 5.56 Å². The van der Waals surface area contributed by atoms with E-state index in [2.05, 4.69) is 59.1 Å². The normalized spacial score (nSPS) is 17.6. The zero-order chi connectivity index (χ0) is 27.9. The van der Waals surface area contributed by atoms with Crippen LogP contribution in [0.15, 0.2) is 40.4 Å². The lowest BCUT2D eigenvalue weighted by atomic mass is 9.93. The minimum atomic E-state index is -0.341. The van der Waals surface area contributed by atoms with Gasteiger partial charge in [-0.05, 0) is 68.3 Å². The van der Waals surface area contributed by atoms with Gasteiger partial charge in [-0.15, -0.1) is 0 Å². The fourth-order valence-electron chi connectivity index (χ4n) is 5.55. The molecule has 3 aromatic rings. The summed E-state index contributed by atoms with van der Waals surface area (Å²) in [4.78, 5) is 26.6. The fraction of sp³-hybridized carbons (Fsp3) is 0.481. The Balaban J connectivity index is 1.25. The summed E-state index contributed by atoms with van der Waals surface area (Å²) in [5.74, 6) is 7.70. The largest absolute Gasteiger partial charge is 0.386 e. The van der Waals surface area contributed by atoms with Crippen molar-refractivity contribution in [3.63, 3.8) is 0 Å². The smallest absolute Gasteiger partial charge is 0.277 e. The van der Waals surface area contributed by atoms with E-state index in [0.717, 1.165) is 70.5 Å². The third-order valence-corrected chi connectivity index (χ3v) is 7.82. The van der Waals surface area contributed by atoms with Crippen molar-refractivity contribution in [2.24, 2.45) is 28.5 Å². The Bertz CT molecular complexity index is 1410. The van der Waals surface area contributed by atoms with E-state index in [9.17, 15) is 4.79 Å². The first kappa shape index (κ1) is 27.3. The number of aromatic nitrogens is 4. The number of piperidine rings is 2. The van der Waals surface area contributed by atoms with Crippen molar-refractivity contribution in [2.75, 3.05) is 36.4 Å². The van der Waals surface area contributed by atoms with Gasteiger partial charge in [0.05, 0.1) is 12.3 Å². The third kappa shape index (κ3) is 6.64. The molecular formula is C27H36N12O. The molecule has 2 fully saturated rings. The molecule has 0 saturated carbocycles. The average molecular weight is 545 g/mol. The number of nitrogens with two attached hydrogens (primary N) is 2. The standard InChI is InChI=1S/C27H36N12O/c28-10-5-18-8-13-39(14-9-18)27-33-22-16-31-36-26(40)24(22)25(34-27)32-21-3-1-20(2-4-21)17-38-11-6-19(7-12-38)15-23(29)35-37-30/h1-4,16,18-19,37H,5-9,11-15,17,30H2,(H2,29,35)(H,36,40)(H,32,33,34). The summed E-state index contributed by atoms with van der Waals surface area (Å²) < 4.78 is 0. The van der Waals surface area contributed by atoms with E-state index in [1.807, 2.05) is 12.1 Å². The predicted molar refractivity (Wildman–Crippen MR) is 154 cm³/mol. The highest BCUT2D eigenvalue weighted by Crippen LogP contribution is 2.28. The second kappa shape index (κ2) is 12.7. The molecule has 0 amide bonds. The third-order valence-electron chi connectivity index (χ3n) is 7.82. The molecule has 4 heterocycles. The van der Waals surface area contributed by atoms with Crippen LogP contribution in [0.3, 0.4) is 0 Å². The number of hydrogen-bond donors (Lipinski definition) is 5. The molecule has 5 rings (SSSR count). The number of rotatable bonds is 9. The Hall–Kier alpha value is -4.28. The molecular weight excluding hydrogens is 508 g/mol. The van der Waals surface area contributed by atoms with E-state index in [4.69, 9.17) is 21.8 Å². The number of fused-ring (bicyclic) bond motifs is 1. The van der Waals surface area contributed by atoms with Gasteiger partial charge in [-0.25, -0.2) is 21.5 Å². The van der Waals surface area contributed by atoms with E-state index in [1.54, 1.807) is 6.20 Å². The molecule has 0 aliphatic carbocycles. The van der Waals surface area contributed by atoms with Crippen LogP contribution in [0.25, 0.3) is 10.9 Å². The number of aromatic amines is 1. The van der Waals surface area contributed by atoms with E-state index in [0.29, 0.717) is 46.8 Å². The maximum Gasteiger partial charge on any atom is 0.277 e. The average Bonchev–Trinajstić information content (AvgIpc) is 2.96. The number of benzene rings is 1. The lowest BCUT2D eigenvalue weighted by Crippen LogP contribution is -2.35. The van der Waals surface area contributed by atoms with Gasteiger partial charge in [-0.2, -0.15) is 20.4 Å². The van der Waals surface area contributed by atoms with Crippen LogP contribution in [0.1, 0.15) is 44.1 Å². The van der Waals surface area contributed by atoms with Crippen molar-refractivity contribution in [1.29, 1.82) is 5.26 Å². The number of hydrazone groups is 1. The number of anilines is 3. The number of H-pyrrole nitrogens is 1. The highest BCUT2D eigenvalue weighted by molar-refractivity contribution is 5.90. The molecule has 0 unspecified atom stereocenters. The topological polar surface area (TPSA) is 190 Å². The molecule has 2 aliphatic rings. The zero-order valence-corrected chi connectivity index (χ0v) is 22.5. The van der Waals surface area contributed by atoms with Crippen LogP contribution in [-0.2, 0) is 6.54 Å². The highest BCUT2D eigenvalue weighted by atomic mass is 16.1. The van der Waals surface area contributed by atoms with Crippen molar-refractivity contribution >= 4 is 34.2 Å². The lowest BCUT2D eigenvalue weighted by molar-refractivity contribution is 0.180. The number of hydrogen-bond acceptors (Lipinski definition) is 11. The summed E-state index contributed by atoms with van der Waals surface area (Å²) in [5, 5.41) is 23.0. The predicted octanol–water partition coefficient (Wildman–Crippen LogP) is 1.92. The number of nitriles is 1. The van der Waals surface area contributed by atoms with Gasteiger partial charge in [0.2, 0.25) is 5.95 Å². The first-order valence-corrected chi connectivity index (χ1v) is 13.8. The number of nitrogens with one attached hydrogen (secondary N) is 3. The summed E-state index contributed by atoms with van der Waals surface area (Å²) in [6.07, 6.45) is 6.86. The molecule has 0 atom stereocenters. The minimum absolute atomic E-state index is 0.341. The number of amidine groups is 1. The Kier molecular flexibility index (Phi) is 8.68. The van der Waals surface area contributed by atoms with Gasteiger partial charge < -0.3 is 16.0 Å². The van der Waals surface area contributed by atoms with Crippen LogP contribution in [0.2, 0.25) is 0 Å². The number of likely N-dealkylation sites (tertiary alicyclic amines) is 1. The molecule has 0 radical (unpaired) electrons. The van der Waals surface area contributed by atoms with E-state index in [-0.39, 0.29) is 5.56 Å². The molecule has 0 bridgehead atoms. The summed E-state index contributed by atoms with van der Waals surface area (Å²) in [6.45, 7) is 4.43. The maximum atomic E-state index is 12.7. The summed E-state index contributed by atoms with van der Waals surface area (Å²) >= 11 is 0. The van der Waals surface area contributed by atoms with Gasteiger partial charge in [-0.1, -0.05) is 12.1 Å². The fourth-order valence-corrected chi connectivity index (χ4v) is 5.55. The minimum Gasteiger partial charge on any atom is -0.386 e. The summed E-state index contributed by atoms with van der Waals surface area (Å²) in [5.41, 5.74) is 10.3. The molecule has 2 aliphatic heterocycles. The van der Waals surface area contributed by atoms with Gasteiger partial charge in [0.15, 0.2) is 0 Å². The van der Waals surface area contributed by atoms with Crippen LogP contribution >= 0.6 is 0 Å². The molecule has 13 heteroatoms. The van der Waals surface area contributed by atoms with Crippen LogP contribution in [0.5, 0.6) is 0 Å². The second-order valence-corrected chi connectivity index (χ2v) is 10.6. The molecule has 7 N–H and O–H groups in total. The SMILES string of the molecule is N#CCC1CCN(c2nc(Nc3ccc(CN4CCC(C/C(N)=N/NN)CC4)cc3)c3c(=O)[nH]ncc3n2)CC1. The maximum absolute atomic E-state index is 12.7. The van der Waals surface area contributed by atoms with Gasteiger partial charge in [0.1, 0.15) is 22.6 Å². The molecule has 210 valence electrons. The lowest BCUT2D eigenvalue weighted by Gasteiger charge is -2.31. The van der Waals surface area contributed by atoms with E-state index >= 15 is 0 Å².